The van der Waals surface area contributed by atoms with E-state index in [1.165, 1.54) is 18.5 Å². The minimum Gasteiger partial charge on any atom is -0.466 e. The molecule has 10 heteroatoms. The monoisotopic (exact) mass is 477 g/mol. The maximum absolute atomic E-state index is 13.4. The Morgan fingerprint density at radius 3 is 2.51 bits per heavy atom. The first-order valence-electron chi connectivity index (χ1n) is 11.4. The smallest absolute Gasteiger partial charge is 0.310 e. The van der Waals surface area contributed by atoms with Crippen molar-refractivity contribution in [2.45, 2.75) is 40.5 Å². The fourth-order valence-corrected chi connectivity index (χ4v) is 4.13. The molecule has 0 aliphatic rings. The number of carbonyl (C=O) groups excluding carboxylic acids is 1. The number of anilines is 2. The zero-order chi connectivity index (χ0) is 25.1. The van der Waals surface area contributed by atoms with Gasteiger partial charge in [-0.3, -0.25) is 9.48 Å². The second kappa shape index (κ2) is 10.0. The van der Waals surface area contributed by atoms with Crippen LogP contribution in [0.25, 0.3) is 17.1 Å². The van der Waals surface area contributed by atoms with Gasteiger partial charge in [0.05, 0.1) is 24.4 Å². The third-order valence-corrected chi connectivity index (χ3v) is 5.80. The summed E-state index contributed by atoms with van der Waals surface area (Å²) >= 11 is 0. The first-order valence-corrected chi connectivity index (χ1v) is 11.4. The number of nitrogens with one attached hydrogen (secondary N) is 1. The molecule has 0 bridgehead atoms. The molecule has 1 aromatic carbocycles. The zero-order valence-corrected chi connectivity index (χ0v) is 20.5. The summed E-state index contributed by atoms with van der Waals surface area (Å²) in [4.78, 5) is 20.7. The van der Waals surface area contributed by atoms with Crippen molar-refractivity contribution in [2.75, 3.05) is 11.9 Å². The molecular weight excluding hydrogens is 449 g/mol. The van der Waals surface area contributed by atoms with Crippen LogP contribution < -0.4 is 5.32 Å². The lowest BCUT2D eigenvalue weighted by molar-refractivity contribution is -0.142. The van der Waals surface area contributed by atoms with Crippen molar-refractivity contribution in [3.63, 3.8) is 0 Å². The molecule has 0 spiro atoms. The van der Waals surface area contributed by atoms with E-state index in [-0.39, 0.29) is 18.2 Å². The van der Waals surface area contributed by atoms with Gasteiger partial charge in [0.2, 0.25) is 0 Å². The van der Waals surface area contributed by atoms with Crippen molar-refractivity contribution in [3.05, 3.63) is 65.0 Å². The Balaban J connectivity index is 1.65. The molecule has 0 unspecified atom stereocenters. The summed E-state index contributed by atoms with van der Waals surface area (Å²) in [6.07, 6.45) is 2.33. The average Bonchev–Trinajstić information content (AvgIpc) is 3.30. The van der Waals surface area contributed by atoms with E-state index in [2.05, 4.69) is 25.5 Å². The number of carbonyl (C=O) groups is 1. The summed E-state index contributed by atoms with van der Waals surface area (Å²) in [7, 11) is 1.86. The minimum atomic E-state index is -0.289. The van der Waals surface area contributed by atoms with Gasteiger partial charge >= 0.3 is 5.97 Å². The first kappa shape index (κ1) is 24.1. The van der Waals surface area contributed by atoms with Gasteiger partial charge < -0.3 is 10.1 Å². The number of aryl methyl sites for hydroxylation is 2. The molecule has 0 atom stereocenters. The van der Waals surface area contributed by atoms with E-state index >= 15 is 0 Å². The van der Waals surface area contributed by atoms with E-state index in [1.807, 2.05) is 27.8 Å². The fraction of sp³-hybridized carbons (Fsp3) is 0.320. The highest BCUT2D eigenvalue weighted by Crippen LogP contribution is 2.31. The Labute approximate surface area is 203 Å². The summed E-state index contributed by atoms with van der Waals surface area (Å²) in [6, 6.07) is 8.15. The molecule has 4 rings (SSSR count). The van der Waals surface area contributed by atoms with E-state index < -0.39 is 0 Å². The molecular formula is C25H28FN7O2. The lowest BCUT2D eigenvalue weighted by Gasteiger charge is -2.09. The number of hydrogen-bond donors (Lipinski definition) is 1. The summed E-state index contributed by atoms with van der Waals surface area (Å²) in [5.41, 5.74) is 5.15. The number of esters is 1. The lowest BCUT2D eigenvalue weighted by atomic mass is 10.1. The third-order valence-electron chi connectivity index (χ3n) is 5.80. The number of benzene rings is 1. The van der Waals surface area contributed by atoms with Crippen LogP contribution in [0.3, 0.4) is 0 Å². The average molecular weight is 478 g/mol. The molecule has 0 saturated carbocycles. The van der Waals surface area contributed by atoms with E-state index in [1.54, 1.807) is 34.5 Å². The van der Waals surface area contributed by atoms with Crippen molar-refractivity contribution >= 4 is 17.6 Å². The van der Waals surface area contributed by atoms with Gasteiger partial charge in [0.25, 0.3) is 0 Å². The van der Waals surface area contributed by atoms with Gasteiger partial charge in [-0.2, -0.15) is 10.2 Å². The number of aromatic nitrogens is 6. The van der Waals surface area contributed by atoms with Crippen molar-refractivity contribution in [3.8, 4) is 17.1 Å². The summed E-state index contributed by atoms with van der Waals surface area (Å²) in [5, 5.41) is 12.5. The van der Waals surface area contributed by atoms with Crippen molar-refractivity contribution < 1.29 is 13.9 Å². The van der Waals surface area contributed by atoms with Crippen LogP contribution in [0.1, 0.15) is 36.4 Å². The van der Waals surface area contributed by atoms with Crippen LogP contribution in [0.15, 0.2) is 36.7 Å². The topological polar surface area (TPSA) is 99.8 Å². The molecule has 0 amide bonds. The summed E-state index contributed by atoms with van der Waals surface area (Å²) < 4.78 is 22.0. The Morgan fingerprint density at radius 1 is 1.09 bits per heavy atom. The van der Waals surface area contributed by atoms with E-state index in [9.17, 15) is 9.18 Å². The van der Waals surface area contributed by atoms with Gasteiger partial charge in [-0.25, -0.2) is 19.0 Å². The second-order valence-electron chi connectivity index (χ2n) is 8.09. The van der Waals surface area contributed by atoms with Gasteiger partial charge in [-0.15, -0.1) is 0 Å². The van der Waals surface area contributed by atoms with Crippen LogP contribution in [0, 0.1) is 19.7 Å². The molecule has 3 aromatic heterocycles. The predicted octanol–water partition coefficient (Wildman–Crippen LogP) is 4.23. The molecule has 182 valence electrons. The highest BCUT2D eigenvalue weighted by atomic mass is 19.1. The molecule has 0 saturated heterocycles. The normalized spacial score (nSPS) is 11.0. The van der Waals surface area contributed by atoms with Crippen molar-refractivity contribution in [2.24, 2.45) is 7.05 Å². The molecule has 4 aromatic rings. The maximum atomic E-state index is 13.4. The SMILES string of the molecule is CCOC(=O)Cc1c(C)nn(-c2cc(Nc3nn(C)c(-c4ccc(F)cc4)c3CC)ncn2)c1C. The third kappa shape index (κ3) is 4.91. The molecule has 1 N–H and O–H groups in total. The van der Waals surface area contributed by atoms with Gasteiger partial charge in [0, 0.05) is 35.5 Å². The quantitative estimate of drug-likeness (QED) is 0.379. The summed E-state index contributed by atoms with van der Waals surface area (Å²) in [6.45, 7) is 7.91. The number of hydrogen-bond acceptors (Lipinski definition) is 7. The maximum Gasteiger partial charge on any atom is 0.310 e. The van der Waals surface area contributed by atoms with Crippen LogP contribution in [0.5, 0.6) is 0 Å². The zero-order valence-electron chi connectivity index (χ0n) is 20.5. The first-order chi connectivity index (χ1) is 16.8. The van der Waals surface area contributed by atoms with E-state index in [0.29, 0.717) is 24.1 Å². The highest BCUT2D eigenvalue weighted by Gasteiger charge is 2.19. The van der Waals surface area contributed by atoms with Gasteiger partial charge in [-0.05, 0) is 51.5 Å². The standard InChI is InChI=1S/C25H28FN7O2/c1-6-19-24(17-8-10-18(26)11-9-17)32(5)31-25(19)29-21-13-22(28-14-27-21)33-16(4)20(15(3)30-33)12-23(34)35-7-2/h8-11,13-14H,6-7,12H2,1-5H3,(H,27,28,29,31). The molecule has 35 heavy (non-hydrogen) atoms. The Morgan fingerprint density at radius 2 is 1.83 bits per heavy atom. The molecule has 0 radical (unpaired) electrons. The minimum absolute atomic E-state index is 0.154. The van der Waals surface area contributed by atoms with Crippen LogP contribution >= 0.6 is 0 Å². The van der Waals surface area contributed by atoms with Crippen molar-refractivity contribution in [1.82, 2.24) is 29.5 Å². The number of ether oxygens (including phenoxy) is 1. The largest absolute Gasteiger partial charge is 0.466 e. The Kier molecular flexibility index (Phi) is 6.90. The Bertz CT molecular complexity index is 1360. The molecule has 0 aliphatic carbocycles. The summed E-state index contributed by atoms with van der Waals surface area (Å²) in [5.74, 6) is 1.20. The van der Waals surface area contributed by atoms with E-state index in [4.69, 9.17) is 4.74 Å². The number of halogens is 1. The van der Waals surface area contributed by atoms with Gasteiger partial charge in [0.15, 0.2) is 11.6 Å². The predicted molar refractivity (Wildman–Crippen MR) is 130 cm³/mol. The van der Waals surface area contributed by atoms with Gasteiger partial charge in [-0.1, -0.05) is 6.92 Å². The molecule has 0 aliphatic heterocycles. The van der Waals surface area contributed by atoms with Crippen LogP contribution in [-0.4, -0.2) is 42.1 Å². The lowest BCUT2D eigenvalue weighted by Crippen LogP contribution is -2.09. The number of nitrogens with zero attached hydrogens (tertiary/aromatic N) is 6. The Hall–Kier alpha value is -4.08. The fourth-order valence-electron chi connectivity index (χ4n) is 4.13. The molecule has 0 fully saturated rings. The van der Waals surface area contributed by atoms with E-state index in [0.717, 1.165) is 40.2 Å². The molecule has 3 heterocycles. The van der Waals surface area contributed by atoms with Crippen LogP contribution in [-0.2, 0) is 29.4 Å². The van der Waals surface area contributed by atoms with Crippen LogP contribution in [0.4, 0.5) is 16.0 Å². The molecule has 9 nitrogen and oxygen atoms in total. The highest BCUT2D eigenvalue weighted by molar-refractivity contribution is 5.73. The van der Waals surface area contributed by atoms with Crippen molar-refractivity contribution in [1.29, 1.82) is 0 Å². The van der Waals surface area contributed by atoms with Crippen LogP contribution in [0.2, 0.25) is 0 Å². The van der Waals surface area contributed by atoms with Gasteiger partial charge in [0.1, 0.15) is 18.0 Å². The number of rotatable bonds is 8. The second-order valence-corrected chi connectivity index (χ2v) is 8.09.